The van der Waals surface area contributed by atoms with E-state index in [-0.39, 0.29) is 35.6 Å². The summed E-state index contributed by atoms with van der Waals surface area (Å²) in [6, 6.07) is 11.8. The average Bonchev–Trinajstić information content (AvgIpc) is 2.76. The van der Waals surface area contributed by atoms with Gasteiger partial charge >= 0.3 is 6.03 Å². The third kappa shape index (κ3) is 4.80. The molecule has 2 bridgehead atoms. The number of fused-ring (bicyclic) bond motifs is 4. The fourth-order valence-corrected chi connectivity index (χ4v) is 4.36. The number of benzene rings is 1. The molecule has 3 heterocycles. The van der Waals surface area contributed by atoms with Crippen LogP contribution >= 0.6 is 0 Å². The van der Waals surface area contributed by atoms with Gasteiger partial charge in [0.2, 0.25) is 5.91 Å². The normalized spacial score (nSPS) is 19.1. The van der Waals surface area contributed by atoms with Crippen LogP contribution in [0.15, 0.2) is 47.3 Å². The number of likely N-dealkylation sites (tertiary alicyclic amines) is 1. The quantitative estimate of drug-likeness (QED) is 0.661. The standard InChI is InChI=1S/C22H24N4O6/c27-19(12-32-13-20(28)29)25-9-14-8-15(11-25)18-7-6-17(21(30)26(18)10-14)24-22(31)23-16-4-2-1-3-5-16/h1-7,14-15H,8-13H2,(H,28,29)(H2,23,24,31)/p-1/t14-,15+/m0/s1. The van der Waals surface area contributed by atoms with Crippen molar-refractivity contribution in [2.24, 2.45) is 5.92 Å². The molecule has 1 aromatic heterocycles. The van der Waals surface area contributed by atoms with Crippen molar-refractivity contribution in [3.63, 3.8) is 0 Å². The van der Waals surface area contributed by atoms with Crippen LogP contribution in [-0.2, 0) is 20.9 Å². The van der Waals surface area contributed by atoms with Crippen molar-refractivity contribution in [3.05, 3.63) is 58.5 Å². The number of amides is 3. The Labute approximate surface area is 183 Å². The number of pyridine rings is 1. The summed E-state index contributed by atoms with van der Waals surface area (Å²) in [5, 5.41) is 15.7. The number of aromatic nitrogens is 1. The minimum Gasteiger partial charge on any atom is -0.548 e. The van der Waals surface area contributed by atoms with Crippen molar-refractivity contribution in [3.8, 4) is 0 Å². The van der Waals surface area contributed by atoms with Crippen LogP contribution in [0.1, 0.15) is 18.0 Å². The lowest BCUT2D eigenvalue weighted by Crippen LogP contribution is -2.50. The lowest BCUT2D eigenvalue weighted by molar-refractivity contribution is -0.309. The van der Waals surface area contributed by atoms with Gasteiger partial charge in [-0.3, -0.25) is 9.59 Å². The van der Waals surface area contributed by atoms with E-state index in [0.717, 1.165) is 12.1 Å². The van der Waals surface area contributed by atoms with Crippen molar-refractivity contribution in [2.75, 3.05) is 36.9 Å². The van der Waals surface area contributed by atoms with E-state index in [2.05, 4.69) is 10.6 Å². The second-order valence-corrected chi connectivity index (χ2v) is 7.99. The van der Waals surface area contributed by atoms with Crippen LogP contribution in [0.5, 0.6) is 0 Å². The predicted octanol–water partition coefficient (Wildman–Crippen LogP) is 0.204. The number of hydrogen-bond donors (Lipinski definition) is 2. The van der Waals surface area contributed by atoms with Gasteiger partial charge in [0.05, 0.1) is 12.6 Å². The number of hydrogen-bond acceptors (Lipinski definition) is 6. The first-order chi connectivity index (χ1) is 15.4. The van der Waals surface area contributed by atoms with E-state index in [4.69, 9.17) is 4.74 Å². The first kappa shape index (κ1) is 21.6. The summed E-state index contributed by atoms with van der Waals surface area (Å²) in [5.74, 6) is -1.60. The van der Waals surface area contributed by atoms with Gasteiger partial charge in [-0.05, 0) is 36.6 Å². The van der Waals surface area contributed by atoms with E-state index in [0.29, 0.717) is 25.3 Å². The van der Waals surface area contributed by atoms with Gasteiger partial charge in [-0.1, -0.05) is 18.2 Å². The van der Waals surface area contributed by atoms with Gasteiger partial charge < -0.3 is 34.7 Å². The Balaban J connectivity index is 1.44. The Kier molecular flexibility index (Phi) is 6.22. The fourth-order valence-electron chi connectivity index (χ4n) is 4.36. The maximum Gasteiger partial charge on any atom is 0.323 e. The second-order valence-electron chi connectivity index (χ2n) is 7.99. The number of carbonyl (C=O) groups is 3. The highest BCUT2D eigenvalue weighted by molar-refractivity contribution is 5.99. The number of carboxylic acid groups (broad SMARTS) is 1. The Hall–Kier alpha value is -3.66. The maximum absolute atomic E-state index is 13.0. The topological polar surface area (TPSA) is 133 Å². The number of aliphatic carboxylic acids is 1. The van der Waals surface area contributed by atoms with Crippen LogP contribution in [0.4, 0.5) is 16.2 Å². The molecule has 10 heteroatoms. The highest BCUT2D eigenvalue weighted by Crippen LogP contribution is 2.35. The van der Waals surface area contributed by atoms with Gasteiger partial charge in [0.25, 0.3) is 5.56 Å². The number of anilines is 2. The molecule has 2 aromatic rings. The monoisotopic (exact) mass is 439 g/mol. The molecule has 0 aliphatic carbocycles. The van der Waals surface area contributed by atoms with Crippen LogP contribution in [0.2, 0.25) is 0 Å². The molecular formula is C22H23N4O6-. The number of urea groups is 1. The predicted molar refractivity (Wildman–Crippen MR) is 113 cm³/mol. The van der Waals surface area contributed by atoms with Crippen LogP contribution in [0.25, 0.3) is 0 Å². The molecule has 168 valence electrons. The number of nitrogens with zero attached hydrogens (tertiary/aromatic N) is 2. The number of carboxylic acids is 1. The maximum atomic E-state index is 13.0. The molecule has 0 saturated carbocycles. The number of para-hydroxylation sites is 1. The van der Waals surface area contributed by atoms with Crippen LogP contribution < -0.4 is 21.3 Å². The van der Waals surface area contributed by atoms with Crippen LogP contribution in [0, 0.1) is 5.92 Å². The van der Waals surface area contributed by atoms with Crippen LogP contribution in [-0.4, -0.2) is 53.7 Å². The largest absolute Gasteiger partial charge is 0.548 e. The lowest BCUT2D eigenvalue weighted by atomic mass is 9.83. The lowest BCUT2D eigenvalue weighted by Gasteiger charge is -2.42. The van der Waals surface area contributed by atoms with E-state index < -0.39 is 18.6 Å². The molecule has 1 saturated heterocycles. The first-order valence-electron chi connectivity index (χ1n) is 10.3. The fraction of sp³-hybridized carbons (Fsp3) is 0.364. The third-order valence-electron chi connectivity index (χ3n) is 5.68. The van der Waals surface area contributed by atoms with E-state index in [1.165, 1.54) is 0 Å². The van der Waals surface area contributed by atoms with Gasteiger partial charge in [0.15, 0.2) is 0 Å². The Morgan fingerprint density at radius 1 is 1.00 bits per heavy atom. The molecule has 0 unspecified atom stereocenters. The van der Waals surface area contributed by atoms with E-state index >= 15 is 0 Å². The molecule has 2 atom stereocenters. The molecule has 2 N–H and O–H groups in total. The first-order valence-corrected chi connectivity index (χ1v) is 10.3. The number of rotatable bonds is 6. The summed E-state index contributed by atoms with van der Waals surface area (Å²) in [6.45, 7) is 0.370. The Bertz CT molecular complexity index is 1080. The number of ether oxygens (including phenoxy) is 1. The molecule has 0 radical (unpaired) electrons. The molecule has 1 aromatic carbocycles. The molecular weight excluding hydrogens is 416 g/mol. The van der Waals surface area contributed by atoms with E-state index in [1.54, 1.807) is 45.9 Å². The molecule has 1 fully saturated rings. The molecule has 2 aliphatic heterocycles. The van der Waals surface area contributed by atoms with Crippen molar-refractivity contribution >= 4 is 29.3 Å². The Morgan fingerprint density at radius 2 is 1.78 bits per heavy atom. The van der Waals surface area contributed by atoms with Gasteiger partial charge in [-0.25, -0.2) is 4.79 Å². The van der Waals surface area contributed by atoms with Gasteiger partial charge in [-0.2, -0.15) is 0 Å². The summed E-state index contributed by atoms with van der Waals surface area (Å²) in [6.07, 6.45) is 0.852. The van der Waals surface area contributed by atoms with Gasteiger partial charge in [0.1, 0.15) is 12.3 Å². The summed E-state index contributed by atoms with van der Waals surface area (Å²) in [5.41, 5.74) is 1.34. The van der Waals surface area contributed by atoms with Gasteiger partial charge in [-0.15, -0.1) is 0 Å². The zero-order valence-electron chi connectivity index (χ0n) is 17.3. The van der Waals surface area contributed by atoms with Gasteiger partial charge in [0, 0.05) is 36.9 Å². The highest BCUT2D eigenvalue weighted by Gasteiger charge is 2.36. The van der Waals surface area contributed by atoms with Crippen molar-refractivity contribution < 1.29 is 24.2 Å². The summed E-state index contributed by atoms with van der Waals surface area (Å²) in [4.78, 5) is 49.8. The van der Waals surface area contributed by atoms with Crippen molar-refractivity contribution in [1.29, 1.82) is 0 Å². The molecule has 3 amide bonds. The minimum absolute atomic E-state index is 0.0208. The number of carbonyl (C=O) groups excluding carboxylic acids is 3. The van der Waals surface area contributed by atoms with E-state index in [9.17, 15) is 24.3 Å². The molecule has 4 rings (SSSR count). The second kappa shape index (κ2) is 9.23. The van der Waals surface area contributed by atoms with Crippen LogP contribution in [0.3, 0.4) is 0 Å². The summed E-state index contributed by atoms with van der Waals surface area (Å²) in [7, 11) is 0. The third-order valence-corrected chi connectivity index (χ3v) is 5.68. The van der Waals surface area contributed by atoms with E-state index in [1.807, 2.05) is 6.07 Å². The smallest absolute Gasteiger partial charge is 0.323 e. The van der Waals surface area contributed by atoms with Crippen molar-refractivity contribution in [1.82, 2.24) is 9.47 Å². The zero-order chi connectivity index (χ0) is 22.7. The molecule has 10 nitrogen and oxygen atoms in total. The highest BCUT2D eigenvalue weighted by atomic mass is 16.5. The molecule has 32 heavy (non-hydrogen) atoms. The molecule has 2 aliphatic rings. The van der Waals surface area contributed by atoms with Crippen molar-refractivity contribution in [2.45, 2.75) is 18.9 Å². The summed E-state index contributed by atoms with van der Waals surface area (Å²) < 4.78 is 6.53. The average molecular weight is 439 g/mol. The number of piperidine rings is 1. The minimum atomic E-state index is -1.37. The molecule has 0 spiro atoms. The zero-order valence-corrected chi connectivity index (χ0v) is 17.3. The SMILES string of the molecule is O=C([O-])COCC(=O)N1C[C@@H]2C[C@H](C1)c1ccc(NC(=O)Nc3ccccc3)c(=O)n1C2. The number of nitrogens with one attached hydrogen (secondary N) is 2. The Morgan fingerprint density at radius 3 is 2.53 bits per heavy atom. The summed E-state index contributed by atoms with van der Waals surface area (Å²) >= 11 is 0.